The predicted molar refractivity (Wildman–Crippen MR) is 86.6 cm³/mol. The van der Waals surface area contributed by atoms with E-state index in [4.69, 9.17) is 14.7 Å². The van der Waals surface area contributed by atoms with Crippen molar-refractivity contribution < 1.29 is 14.3 Å². The molecule has 2 aromatic rings. The second-order valence-corrected chi connectivity index (χ2v) is 5.35. The summed E-state index contributed by atoms with van der Waals surface area (Å²) in [5.74, 6) is 1.08. The van der Waals surface area contributed by atoms with E-state index >= 15 is 0 Å². The summed E-state index contributed by atoms with van der Waals surface area (Å²) in [5.41, 5.74) is 1.43. The van der Waals surface area contributed by atoms with Crippen molar-refractivity contribution in [1.82, 2.24) is 9.88 Å². The monoisotopic (exact) mass is 323 g/mol. The van der Waals surface area contributed by atoms with Crippen LogP contribution in [0.1, 0.15) is 22.3 Å². The maximum Gasteiger partial charge on any atom is 0.254 e. The average molecular weight is 323 g/mol. The van der Waals surface area contributed by atoms with Crippen molar-refractivity contribution in [2.24, 2.45) is 0 Å². The van der Waals surface area contributed by atoms with Gasteiger partial charge in [-0.2, -0.15) is 5.26 Å². The summed E-state index contributed by atoms with van der Waals surface area (Å²) in [7, 11) is 0. The van der Waals surface area contributed by atoms with Gasteiger partial charge in [-0.15, -0.1) is 0 Å². The van der Waals surface area contributed by atoms with Gasteiger partial charge < -0.3 is 14.4 Å². The average Bonchev–Trinajstić information content (AvgIpc) is 2.65. The van der Waals surface area contributed by atoms with Crippen molar-refractivity contribution in [2.75, 3.05) is 19.8 Å². The normalized spacial score (nSPS) is 12.3. The van der Waals surface area contributed by atoms with E-state index in [2.05, 4.69) is 11.1 Å². The zero-order valence-electron chi connectivity index (χ0n) is 13.1. The maximum absolute atomic E-state index is 12.8. The van der Waals surface area contributed by atoms with Crippen LogP contribution in [0.25, 0.3) is 0 Å². The minimum atomic E-state index is -0.147. The maximum atomic E-state index is 12.8. The lowest BCUT2D eigenvalue weighted by Crippen LogP contribution is -2.31. The zero-order chi connectivity index (χ0) is 16.8. The van der Waals surface area contributed by atoms with Gasteiger partial charge in [0.1, 0.15) is 13.2 Å². The second-order valence-electron chi connectivity index (χ2n) is 5.35. The van der Waals surface area contributed by atoms with Gasteiger partial charge in [0, 0.05) is 31.0 Å². The summed E-state index contributed by atoms with van der Waals surface area (Å²) in [6.45, 7) is 1.75. The minimum Gasteiger partial charge on any atom is -0.486 e. The predicted octanol–water partition coefficient (Wildman–Crippen LogP) is 2.41. The largest absolute Gasteiger partial charge is 0.486 e. The number of fused-ring (bicyclic) bond motifs is 1. The van der Waals surface area contributed by atoms with Gasteiger partial charge >= 0.3 is 0 Å². The van der Waals surface area contributed by atoms with Crippen molar-refractivity contribution >= 4 is 5.91 Å². The molecule has 0 atom stereocenters. The van der Waals surface area contributed by atoms with Crippen LogP contribution in [0.2, 0.25) is 0 Å². The number of carbonyl (C=O) groups excluding carboxylic acids is 1. The molecule has 1 aromatic carbocycles. The van der Waals surface area contributed by atoms with Gasteiger partial charge in [0.25, 0.3) is 5.91 Å². The van der Waals surface area contributed by atoms with Crippen LogP contribution in [0.15, 0.2) is 42.7 Å². The standard InChI is InChI=1S/C18H17N3O3/c19-6-2-8-21(13-14-3-1-7-20-12-14)18(22)15-4-5-16-17(11-15)24-10-9-23-16/h1,3-5,7,11-12H,2,8-10,13H2. The van der Waals surface area contributed by atoms with E-state index in [0.29, 0.717) is 43.4 Å². The number of nitrogens with zero attached hydrogens (tertiary/aromatic N) is 3. The molecule has 3 rings (SSSR count). The SMILES string of the molecule is N#CCCN(Cc1cccnc1)C(=O)c1ccc2c(c1)OCCO2. The summed E-state index contributed by atoms with van der Waals surface area (Å²) in [6, 6.07) is 11.0. The van der Waals surface area contributed by atoms with Gasteiger partial charge in [0.05, 0.1) is 12.5 Å². The summed E-state index contributed by atoms with van der Waals surface area (Å²) in [4.78, 5) is 18.6. The molecule has 0 unspecified atom stereocenters. The molecule has 1 aliphatic rings. The third-order valence-corrected chi connectivity index (χ3v) is 3.67. The molecule has 1 amide bonds. The Hall–Kier alpha value is -3.07. The number of rotatable bonds is 5. The van der Waals surface area contributed by atoms with Gasteiger partial charge in [0.15, 0.2) is 11.5 Å². The number of nitriles is 1. The Morgan fingerprint density at radius 3 is 2.83 bits per heavy atom. The van der Waals surface area contributed by atoms with E-state index in [1.165, 1.54) is 0 Å². The number of benzene rings is 1. The van der Waals surface area contributed by atoms with Crippen LogP contribution in [0, 0.1) is 11.3 Å². The Morgan fingerprint density at radius 1 is 1.25 bits per heavy atom. The fourth-order valence-corrected chi connectivity index (χ4v) is 2.51. The van der Waals surface area contributed by atoms with E-state index in [1.54, 1.807) is 35.5 Å². The number of pyridine rings is 1. The Bertz CT molecular complexity index is 756. The molecule has 0 N–H and O–H groups in total. The fraction of sp³-hybridized carbons (Fsp3) is 0.278. The van der Waals surface area contributed by atoms with Gasteiger partial charge in [-0.1, -0.05) is 6.07 Å². The Balaban J connectivity index is 1.81. The Labute approximate surface area is 140 Å². The smallest absolute Gasteiger partial charge is 0.254 e. The quantitative estimate of drug-likeness (QED) is 0.844. The van der Waals surface area contributed by atoms with E-state index in [0.717, 1.165) is 5.56 Å². The summed E-state index contributed by atoms with van der Waals surface area (Å²) < 4.78 is 11.0. The minimum absolute atomic E-state index is 0.147. The van der Waals surface area contributed by atoms with Crippen LogP contribution in [0.3, 0.4) is 0 Å². The van der Waals surface area contributed by atoms with Gasteiger partial charge in [-0.3, -0.25) is 9.78 Å². The molecule has 0 saturated carbocycles. The Morgan fingerprint density at radius 2 is 2.08 bits per heavy atom. The van der Waals surface area contributed by atoms with Crippen LogP contribution in [0.4, 0.5) is 0 Å². The van der Waals surface area contributed by atoms with E-state index in [-0.39, 0.29) is 12.3 Å². The first kappa shape index (κ1) is 15.8. The molecule has 0 bridgehead atoms. The van der Waals surface area contributed by atoms with Crippen molar-refractivity contribution in [3.8, 4) is 17.6 Å². The van der Waals surface area contributed by atoms with Crippen LogP contribution in [0.5, 0.6) is 11.5 Å². The lowest BCUT2D eigenvalue weighted by Gasteiger charge is -2.23. The van der Waals surface area contributed by atoms with Crippen LogP contribution >= 0.6 is 0 Å². The van der Waals surface area contributed by atoms with Crippen molar-refractivity contribution in [2.45, 2.75) is 13.0 Å². The molecule has 122 valence electrons. The lowest BCUT2D eigenvalue weighted by molar-refractivity contribution is 0.0745. The topological polar surface area (TPSA) is 75.5 Å². The molecule has 6 heteroatoms. The molecule has 6 nitrogen and oxygen atoms in total. The highest BCUT2D eigenvalue weighted by atomic mass is 16.6. The van der Waals surface area contributed by atoms with Gasteiger partial charge in [-0.05, 0) is 29.8 Å². The van der Waals surface area contributed by atoms with Crippen LogP contribution < -0.4 is 9.47 Å². The van der Waals surface area contributed by atoms with Gasteiger partial charge in [0.2, 0.25) is 0 Å². The third kappa shape index (κ3) is 3.63. The molecule has 0 aliphatic carbocycles. The van der Waals surface area contributed by atoms with Crippen molar-refractivity contribution in [3.63, 3.8) is 0 Å². The molecule has 0 radical (unpaired) electrons. The van der Waals surface area contributed by atoms with E-state index in [1.807, 2.05) is 12.1 Å². The molecule has 2 heterocycles. The highest BCUT2D eigenvalue weighted by molar-refractivity contribution is 5.95. The van der Waals surface area contributed by atoms with Crippen molar-refractivity contribution in [1.29, 1.82) is 5.26 Å². The molecule has 1 aliphatic heterocycles. The van der Waals surface area contributed by atoms with E-state index in [9.17, 15) is 4.79 Å². The third-order valence-electron chi connectivity index (χ3n) is 3.67. The Kier molecular flexibility index (Phi) is 4.92. The molecule has 0 fully saturated rings. The highest BCUT2D eigenvalue weighted by Gasteiger charge is 2.19. The summed E-state index contributed by atoms with van der Waals surface area (Å²) in [6.07, 6.45) is 3.68. The first-order valence-electron chi connectivity index (χ1n) is 7.72. The highest BCUT2D eigenvalue weighted by Crippen LogP contribution is 2.31. The first-order chi connectivity index (χ1) is 11.8. The summed E-state index contributed by atoms with van der Waals surface area (Å²) >= 11 is 0. The van der Waals surface area contributed by atoms with E-state index < -0.39 is 0 Å². The summed E-state index contributed by atoms with van der Waals surface area (Å²) in [5, 5.41) is 8.85. The molecule has 1 aromatic heterocycles. The van der Waals surface area contributed by atoms with Crippen LogP contribution in [-0.4, -0.2) is 35.5 Å². The number of carbonyl (C=O) groups is 1. The molecular weight excluding hydrogens is 306 g/mol. The molecule has 0 spiro atoms. The second kappa shape index (κ2) is 7.47. The fourth-order valence-electron chi connectivity index (χ4n) is 2.51. The zero-order valence-corrected chi connectivity index (χ0v) is 13.1. The number of hydrogen-bond donors (Lipinski definition) is 0. The molecular formula is C18H17N3O3. The van der Waals surface area contributed by atoms with Crippen LogP contribution in [-0.2, 0) is 6.54 Å². The molecule has 24 heavy (non-hydrogen) atoms. The lowest BCUT2D eigenvalue weighted by atomic mass is 10.1. The number of ether oxygens (including phenoxy) is 2. The van der Waals surface area contributed by atoms with Crippen molar-refractivity contribution in [3.05, 3.63) is 53.9 Å². The van der Waals surface area contributed by atoms with Gasteiger partial charge in [-0.25, -0.2) is 0 Å². The number of aromatic nitrogens is 1. The molecule has 0 saturated heterocycles. The number of amides is 1. The number of hydrogen-bond acceptors (Lipinski definition) is 5. The first-order valence-corrected chi connectivity index (χ1v) is 7.72.